The van der Waals surface area contributed by atoms with Crippen molar-refractivity contribution in [3.63, 3.8) is 0 Å². The van der Waals surface area contributed by atoms with Gasteiger partial charge in [-0.3, -0.25) is 9.59 Å². The van der Waals surface area contributed by atoms with E-state index < -0.39 is 0 Å². The minimum absolute atomic E-state index is 0.0434. The van der Waals surface area contributed by atoms with E-state index in [-0.39, 0.29) is 29.7 Å². The Bertz CT molecular complexity index is 411. The first-order valence-electron chi connectivity index (χ1n) is 8.50. The molecule has 1 saturated carbocycles. The summed E-state index contributed by atoms with van der Waals surface area (Å²) in [6.45, 7) is 3.88. The zero-order valence-electron chi connectivity index (χ0n) is 14.6. The molecule has 0 heterocycles. The molecule has 1 aliphatic carbocycles. The van der Waals surface area contributed by atoms with E-state index in [1.807, 2.05) is 6.92 Å². The lowest BCUT2D eigenvalue weighted by Gasteiger charge is -2.34. The van der Waals surface area contributed by atoms with Crippen LogP contribution in [-0.2, 0) is 19.1 Å². The third-order valence-electron chi connectivity index (χ3n) is 3.91. The number of ether oxygens (including phenoxy) is 2. The predicted octanol–water partition coefficient (Wildman–Crippen LogP) is 0.213. The first kappa shape index (κ1) is 20.4. The molecule has 0 aromatic heterocycles. The Morgan fingerprint density at radius 3 is 2.33 bits per heavy atom. The number of urea groups is 1. The normalized spacial score (nSPS) is 19.2. The van der Waals surface area contributed by atoms with Crippen LogP contribution in [0.2, 0.25) is 0 Å². The molecule has 24 heavy (non-hydrogen) atoms. The van der Waals surface area contributed by atoms with Crippen LogP contribution in [0.15, 0.2) is 0 Å². The van der Waals surface area contributed by atoms with Gasteiger partial charge in [0.1, 0.15) is 5.78 Å². The average Bonchev–Trinajstić information content (AvgIpc) is 2.55. The summed E-state index contributed by atoms with van der Waals surface area (Å²) >= 11 is 0. The SMILES string of the molecule is CCC(=O)C1CC(NC(=O)CCOCCOCCNC(=O)NC)C1. The molecule has 8 heteroatoms. The minimum Gasteiger partial charge on any atom is -0.379 e. The highest BCUT2D eigenvalue weighted by atomic mass is 16.5. The fraction of sp³-hybridized carbons (Fsp3) is 0.812. The average molecular weight is 343 g/mol. The fourth-order valence-electron chi connectivity index (χ4n) is 2.40. The summed E-state index contributed by atoms with van der Waals surface area (Å²) in [4.78, 5) is 34.0. The monoisotopic (exact) mass is 343 g/mol. The third-order valence-corrected chi connectivity index (χ3v) is 3.91. The molecule has 3 amide bonds. The number of ketones is 1. The standard InChI is InChI=1S/C16H29N3O5/c1-3-14(20)12-10-13(11-12)19-15(21)4-6-23-8-9-24-7-5-18-16(22)17-2/h12-13H,3-11H2,1-2H3,(H,19,21)(H2,17,18,22). The molecule has 0 aromatic carbocycles. The largest absolute Gasteiger partial charge is 0.379 e. The first-order chi connectivity index (χ1) is 11.6. The van der Waals surface area contributed by atoms with Crippen molar-refractivity contribution in [2.24, 2.45) is 5.92 Å². The van der Waals surface area contributed by atoms with Gasteiger partial charge in [0.2, 0.25) is 5.91 Å². The zero-order chi connectivity index (χ0) is 17.8. The van der Waals surface area contributed by atoms with Gasteiger partial charge in [0, 0.05) is 38.4 Å². The second kappa shape index (κ2) is 11.8. The van der Waals surface area contributed by atoms with Gasteiger partial charge in [-0.05, 0) is 12.8 Å². The molecule has 0 bridgehead atoms. The van der Waals surface area contributed by atoms with Gasteiger partial charge >= 0.3 is 6.03 Å². The van der Waals surface area contributed by atoms with Crippen LogP contribution in [-0.4, -0.2) is 63.8 Å². The smallest absolute Gasteiger partial charge is 0.314 e. The molecular formula is C16H29N3O5. The van der Waals surface area contributed by atoms with Crippen LogP contribution < -0.4 is 16.0 Å². The van der Waals surface area contributed by atoms with E-state index in [4.69, 9.17) is 9.47 Å². The molecule has 0 aromatic rings. The maximum atomic E-state index is 11.7. The predicted molar refractivity (Wildman–Crippen MR) is 88.7 cm³/mol. The molecule has 0 spiro atoms. The summed E-state index contributed by atoms with van der Waals surface area (Å²) in [6, 6.07) is -0.105. The summed E-state index contributed by atoms with van der Waals surface area (Å²) in [7, 11) is 1.55. The Morgan fingerprint density at radius 1 is 1.04 bits per heavy atom. The third kappa shape index (κ3) is 8.26. The van der Waals surface area contributed by atoms with Gasteiger partial charge in [-0.25, -0.2) is 4.79 Å². The molecular weight excluding hydrogens is 314 g/mol. The second-order valence-corrected chi connectivity index (χ2v) is 5.73. The van der Waals surface area contributed by atoms with Crippen molar-refractivity contribution in [2.45, 2.75) is 38.6 Å². The number of nitrogens with one attached hydrogen (secondary N) is 3. The number of carbonyl (C=O) groups is 3. The van der Waals surface area contributed by atoms with Crippen molar-refractivity contribution in [3.8, 4) is 0 Å². The number of carbonyl (C=O) groups excluding carboxylic acids is 3. The van der Waals surface area contributed by atoms with Gasteiger partial charge in [-0.1, -0.05) is 6.92 Å². The number of Topliss-reactive ketones (excluding diaryl/α,β-unsaturated/α-hetero) is 1. The van der Waals surface area contributed by atoms with Crippen LogP contribution in [0.1, 0.15) is 32.6 Å². The minimum atomic E-state index is -0.238. The van der Waals surface area contributed by atoms with Gasteiger partial charge in [0.15, 0.2) is 0 Å². The van der Waals surface area contributed by atoms with Crippen LogP contribution in [0.4, 0.5) is 4.79 Å². The van der Waals surface area contributed by atoms with Crippen LogP contribution in [0.25, 0.3) is 0 Å². The lowest BCUT2D eigenvalue weighted by Crippen LogP contribution is -2.46. The summed E-state index contributed by atoms with van der Waals surface area (Å²) in [5.41, 5.74) is 0. The highest BCUT2D eigenvalue weighted by Crippen LogP contribution is 2.29. The molecule has 1 rings (SSSR count). The number of hydrogen-bond acceptors (Lipinski definition) is 5. The Balaban J connectivity index is 1.87. The van der Waals surface area contributed by atoms with Crippen molar-refractivity contribution >= 4 is 17.7 Å². The van der Waals surface area contributed by atoms with Crippen LogP contribution in [0, 0.1) is 5.92 Å². The van der Waals surface area contributed by atoms with E-state index >= 15 is 0 Å². The van der Waals surface area contributed by atoms with E-state index in [1.54, 1.807) is 7.05 Å². The molecule has 0 radical (unpaired) electrons. The Morgan fingerprint density at radius 2 is 1.71 bits per heavy atom. The summed E-state index contributed by atoms with van der Waals surface area (Å²) in [5, 5.41) is 7.96. The molecule has 0 atom stereocenters. The van der Waals surface area contributed by atoms with Gasteiger partial charge in [0.05, 0.1) is 26.4 Å². The van der Waals surface area contributed by atoms with Crippen molar-refractivity contribution in [1.82, 2.24) is 16.0 Å². The van der Waals surface area contributed by atoms with E-state index in [2.05, 4.69) is 16.0 Å². The zero-order valence-corrected chi connectivity index (χ0v) is 14.6. The Kier molecular flexibility index (Phi) is 10.0. The van der Waals surface area contributed by atoms with Crippen LogP contribution in [0.3, 0.4) is 0 Å². The van der Waals surface area contributed by atoms with Crippen molar-refractivity contribution in [3.05, 3.63) is 0 Å². The van der Waals surface area contributed by atoms with E-state index in [0.29, 0.717) is 45.8 Å². The van der Waals surface area contributed by atoms with Crippen molar-refractivity contribution < 1.29 is 23.9 Å². The summed E-state index contributed by atoms with van der Waals surface area (Å²) < 4.78 is 10.6. The highest BCUT2D eigenvalue weighted by molar-refractivity contribution is 5.82. The second-order valence-electron chi connectivity index (χ2n) is 5.73. The topological polar surface area (TPSA) is 106 Å². The Labute approximate surface area is 143 Å². The number of hydrogen-bond donors (Lipinski definition) is 3. The summed E-state index contributed by atoms with van der Waals surface area (Å²) in [6.07, 6.45) is 2.40. The lowest BCUT2D eigenvalue weighted by atomic mass is 9.77. The molecule has 1 aliphatic rings. The fourth-order valence-corrected chi connectivity index (χ4v) is 2.40. The van der Waals surface area contributed by atoms with Crippen LogP contribution >= 0.6 is 0 Å². The molecule has 138 valence electrons. The van der Waals surface area contributed by atoms with Gasteiger partial charge in [0.25, 0.3) is 0 Å². The van der Waals surface area contributed by atoms with Crippen molar-refractivity contribution in [1.29, 1.82) is 0 Å². The molecule has 0 aliphatic heterocycles. The molecule has 3 N–H and O–H groups in total. The van der Waals surface area contributed by atoms with Gasteiger partial charge in [-0.15, -0.1) is 0 Å². The maximum Gasteiger partial charge on any atom is 0.314 e. The van der Waals surface area contributed by atoms with Crippen LogP contribution in [0.5, 0.6) is 0 Å². The van der Waals surface area contributed by atoms with E-state index in [1.165, 1.54) is 0 Å². The van der Waals surface area contributed by atoms with Gasteiger partial charge < -0.3 is 25.4 Å². The van der Waals surface area contributed by atoms with Crippen molar-refractivity contribution in [2.75, 3.05) is 40.0 Å². The maximum absolute atomic E-state index is 11.7. The first-order valence-corrected chi connectivity index (χ1v) is 8.50. The molecule has 0 saturated heterocycles. The lowest BCUT2D eigenvalue weighted by molar-refractivity contribution is -0.129. The van der Waals surface area contributed by atoms with E-state index in [0.717, 1.165) is 12.8 Å². The molecule has 8 nitrogen and oxygen atoms in total. The molecule has 0 unspecified atom stereocenters. The quantitative estimate of drug-likeness (QED) is 0.439. The van der Waals surface area contributed by atoms with E-state index in [9.17, 15) is 14.4 Å². The Hall–Kier alpha value is -1.67. The highest BCUT2D eigenvalue weighted by Gasteiger charge is 2.33. The van der Waals surface area contributed by atoms with Gasteiger partial charge in [-0.2, -0.15) is 0 Å². The molecule has 1 fully saturated rings. The number of amides is 3. The number of rotatable bonds is 12. The summed E-state index contributed by atoms with van der Waals surface area (Å²) in [5.74, 6) is 0.374.